The van der Waals surface area contributed by atoms with Gasteiger partial charge in [-0.3, -0.25) is 19.1 Å². The third-order valence-electron chi connectivity index (χ3n) is 6.71. The molecule has 2 aliphatic heterocycles. The van der Waals surface area contributed by atoms with Crippen LogP contribution in [0.2, 0.25) is 0 Å². The van der Waals surface area contributed by atoms with Crippen molar-refractivity contribution in [2.45, 2.75) is 32.3 Å². The minimum absolute atomic E-state index is 0.0184. The number of amides is 1. The summed E-state index contributed by atoms with van der Waals surface area (Å²) in [5.41, 5.74) is 1.77. The van der Waals surface area contributed by atoms with Crippen LogP contribution in [0, 0.1) is 18.3 Å². The van der Waals surface area contributed by atoms with Crippen molar-refractivity contribution in [1.82, 2.24) is 9.47 Å². The first kappa shape index (κ1) is 27.7. The van der Waals surface area contributed by atoms with Gasteiger partial charge in [-0.2, -0.15) is 5.26 Å². The van der Waals surface area contributed by atoms with E-state index in [9.17, 15) is 14.9 Å². The molecule has 0 saturated carbocycles. The number of anilines is 1. The first-order valence-electron chi connectivity index (χ1n) is 12.2. The minimum Gasteiger partial charge on any atom is -0.493 e. The van der Waals surface area contributed by atoms with Crippen LogP contribution in [0.25, 0.3) is 6.08 Å². The lowest BCUT2D eigenvalue weighted by Gasteiger charge is -2.19. The molecule has 0 bridgehead atoms. The number of thiocarbonyl (C=S) groups is 1. The first-order valence-corrected chi connectivity index (χ1v) is 13.5. The molecule has 0 radical (unpaired) electrons. The van der Waals surface area contributed by atoms with Crippen LogP contribution in [-0.2, 0) is 23.0 Å². The van der Waals surface area contributed by atoms with Gasteiger partial charge in [-0.25, -0.2) is 0 Å². The maximum atomic E-state index is 13.3. The number of pyridine rings is 1. The van der Waals surface area contributed by atoms with Gasteiger partial charge in [0.05, 0.1) is 31.8 Å². The van der Waals surface area contributed by atoms with Crippen molar-refractivity contribution in [2.75, 3.05) is 39.2 Å². The molecule has 1 aromatic heterocycles. The standard InChI is InChI=1S/C27H30N4O5S2/c1-16-19(13-23-26(33)31(27(37)38-23)15-18-6-5-11-36-18)24(30(2)25(32)20(16)14-28)29-10-9-17-7-8-21(34-3)22(12-17)35-4/h7-8,12-13,18,29H,5-6,9-11,15H2,1-4H3/b23-13+. The lowest BCUT2D eigenvalue weighted by molar-refractivity contribution is -0.123. The van der Waals surface area contributed by atoms with Crippen LogP contribution >= 0.6 is 24.0 Å². The lowest BCUT2D eigenvalue weighted by atomic mass is 10.0. The van der Waals surface area contributed by atoms with Crippen LogP contribution in [0.4, 0.5) is 5.82 Å². The van der Waals surface area contributed by atoms with Crippen molar-refractivity contribution in [3.63, 3.8) is 0 Å². The van der Waals surface area contributed by atoms with Gasteiger partial charge >= 0.3 is 0 Å². The number of carbonyl (C=O) groups excluding carboxylic acids is 1. The Morgan fingerprint density at radius 1 is 1.29 bits per heavy atom. The number of aromatic nitrogens is 1. The highest BCUT2D eigenvalue weighted by Crippen LogP contribution is 2.35. The number of nitrogens with one attached hydrogen (secondary N) is 1. The molecule has 9 nitrogen and oxygen atoms in total. The van der Waals surface area contributed by atoms with E-state index in [1.807, 2.05) is 24.3 Å². The molecule has 11 heteroatoms. The summed E-state index contributed by atoms with van der Waals surface area (Å²) in [5.74, 6) is 1.61. The fourth-order valence-electron chi connectivity index (χ4n) is 4.59. The Hall–Kier alpha value is -3.33. The lowest BCUT2D eigenvalue weighted by Crippen LogP contribution is -2.35. The highest BCUT2D eigenvalue weighted by Gasteiger charge is 2.35. The van der Waals surface area contributed by atoms with Crippen LogP contribution < -0.4 is 20.3 Å². The molecule has 1 aromatic carbocycles. The van der Waals surface area contributed by atoms with Gasteiger partial charge in [-0.15, -0.1) is 0 Å². The molecule has 1 N–H and O–H groups in total. The van der Waals surface area contributed by atoms with E-state index in [0.29, 0.717) is 63.8 Å². The number of hydrogen-bond acceptors (Lipinski definition) is 9. The summed E-state index contributed by atoms with van der Waals surface area (Å²) >= 11 is 6.72. The average Bonchev–Trinajstić information content (AvgIpc) is 3.53. The Bertz CT molecular complexity index is 1390. The van der Waals surface area contributed by atoms with Crippen molar-refractivity contribution in [1.29, 1.82) is 5.26 Å². The van der Waals surface area contributed by atoms with Crippen molar-refractivity contribution in [2.24, 2.45) is 7.05 Å². The number of rotatable bonds is 9. The van der Waals surface area contributed by atoms with Crippen molar-refractivity contribution in [3.8, 4) is 17.6 Å². The highest BCUT2D eigenvalue weighted by atomic mass is 32.2. The molecule has 2 aliphatic rings. The average molecular weight is 555 g/mol. The van der Waals surface area contributed by atoms with Gasteiger partial charge in [0, 0.05) is 25.8 Å². The maximum Gasteiger partial charge on any atom is 0.270 e. The smallest absolute Gasteiger partial charge is 0.270 e. The molecule has 3 heterocycles. The third kappa shape index (κ3) is 5.57. The molecule has 38 heavy (non-hydrogen) atoms. The minimum atomic E-state index is -0.401. The number of hydrogen-bond donors (Lipinski definition) is 1. The number of methoxy groups -OCH3 is 2. The van der Waals surface area contributed by atoms with E-state index in [4.69, 9.17) is 26.4 Å². The molecular weight excluding hydrogens is 524 g/mol. The second-order valence-electron chi connectivity index (χ2n) is 9.03. The van der Waals surface area contributed by atoms with E-state index in [-0.39, 0.29) is 17.6 Å². The highest BCUT2D eigenvalue weighted by molar-refractivity contribution is 8.26. The Morgan fingerprint density at radius 2 is 2.05 bits per heavy atom. The zero-order valence-electron chi connectivity index (χ0n) is 21.8. The molecule has 0 aliphatic carbocycles. The van der Waals surface area contributed by atoms with E-state index in [2.05, 4.69) is 5.32 Å². The predicted octanol–water partition coefficient (Wildman–Crippen LogP) is 3.62. The van der Waals surface area contributed by atoms with Crippen LogP contribution in [0.1, 0.15) is 35.1 Å². The van der Waals surface area contributed by atoms with Gasteiger partial charge in [0.25, 0.3) is 11.5 Å². The van der Waals surface area contributed by atoms with E-state index < -0.39 is 5.56 Å². The fourth-order valence-corrected chi connectivity index (χ4v) is 5.84. The van der Waals surface area contributed by atoms with Crippen LogP contribution in [0.5, 0.6) is 11.5 Å². The summed E-state index contributed by atoms with van der Waals surface area (Å²) in [6, 6.07) is 7.72. The number of benzene rings is 1. The molecule has 0 spiro atoms. The van der Waals surface area contributed by atoms with Gasteiger partial charge in [-0.1, -0.05) is 30.0 Å². The van der Waals surface area contributed by atoms with Crippen molar-refractivity contribution in [3.05, 3.63) is 55.7 Å². The van der Waals surface area contributed by atoms with Gasteiger partial charge in [0.2, 0.25) is 0 Å². The summed E-state index contributed by atoms with van der Waals surface area (Å²) in [7, 11) is 4.79. The fraction of sp³-hybridized carbons (Fsp3) is 0.407. The van der Waals surface area contributed by atoms with E-state index in [0.717, 1.165) is 18.4 Å². The largest absolute Gasteiger partial charge is 0.493 e. The van der Waals surface area contributed by atoms with E-state index in [1.165, 1.54) is 16.3 Å². The molecule has 4 rings (SSSR count). The zero-order valence-corrected chi connectivity index (χ0v) is 23.5. The van der Waals surface area contributed by atoms with Gasteiger partial charge in [0.15, 0.2) is 11.5 Å². The van der Waals surface area contributed by atoms with Crippen molar-refractivity contribution >= 4 is 46.1 Å². The number of nitrogens with zero attached hydrogens (tertiary/aromatic N) is 3. The Kier molecular flexibility index (Phi) is 8.76. The third-order valence-corrected chi connectivity index (χ3v) is 8.09. The molecule has 1 unspecified atom stereocenters. The van der Waals surface area contributed by atoms with Gasteiger partial charge in [-0.05, 0) is 55.5 Å². The summed E-state index contributed by atoms with van der Waals surface area (Å²) in [5, 5.41) is 13.0. The van der Waals surface area contributed by atoms with Gasteiger partial charge in [0.1, 0.15) is 21.8 Å². The summed E-state index contributed by atoms with van der Waals surface area (Å²) in [6.45, 7) is 3.34. The SMILES string of the molecule is COc1ccc(CCNc2c(/C=C3/SC(=S)N(CC4CCCO4)C3=O)c(C)c(C#N)c(=O)n2C)cc1OC. The topological polar surface area (TPSA) is 106 Å². The number of carbonyl (C=O) groups is 1. The molecule has 1 atom stereocenters. The van der Waals surface area contributed by atoms with Crippen molar-refractivity contribution < 1.29 is 19.0 Å². The Labute approximate surface area is 231 Å². The summed E-state index contributed by atoms with van der Waals surface area (Å²) < 4.78 is 18.3. The molecule has 2 aromatic rings. The number of ether oxygens (including phenoxy) is 3. The molecule has 1 amide bonds. The number of nitriles is 1. The normalized spacial score (nSPS) is 18.2. The molecule has 200 valence electrons. The molecule has 2 saturated heterocycles. The van der Waals surface area contributed by atoms with Crippen LogP contribution in [-0.4, -0.2) is 59.7 Å². The zero-order chi connectivity index (χ0) is 27.4. The quantitative estimate of drug-likeness (QED) is 0.368. The Morgan fingerprint density at radius 3 is 2.71 bits per heavy atom. The summed E-state index contributed by atoms with van der Waals surface area (Å²) in [6.07, 6.45) is 4.21. The van der Waals surface area contributed by atoms with E-state index in [1.54, 1.807) is 39.2 Å². The summed E-state index contributed by atoms with van der Waals surface area (Å²) in [4.78, 5) is 28.2. The first-order chi connectivity index (χ1) is 18.3. The molecule has 2 fully saturated rings. The van der Waals surface area contributed by atoms with Gasteiger partial charge < -0.3 is 19.5 Å². The second-order valence-corrected chi connectivity index (χ2v) is 10.7. The predicted molar refractivity (Wildman–Crippen MR) is 152 cm³/mol. The Balaban J connectivity index is 1.62. The van der Waals surface area contributed by atoms with Crippen LogP contribution in [0.15, 0.2) is 27.9 Å². The monoisotopic (exact) mass is 554 g/mol. The maximum absolute atomic E-state index is 13.3. The molecular formula is C27H30N4O5S2. The van der Waals surface area contributed by atoms with E-state index >= 15 is 0 Å². The second kappa shape index (κ2) is 12.0. The van der Waals surface area contributed by atoms with Crippen LogP contribution in [0.3, 0.4) is 0 Å². The number of thioether (sulfide) groups is 1.